The molecule has 0 bridgehead atoms. The zero-order valence-corrected chi connectivity index (χ0v) is 49.4. The van der Waals surface area contributed by atoms with Gasteiger partial charge >= 0.3 is 17.9 Å². The summed E-state index contributed by atoms with van der Waals surface area (Å²) in [5.41, 5.74) is -4.91. The first-order valence-corrected chi connectivity index (χ1v) is 30.2. The molecule has 0 amide bonds. The summed E-state index contributed by atoms with van der Waals surface area (Å²) < 4.78 is 58.8. The SMILES string of the molecule is C[C@@H]1O[C@@H](O[C@H]2[C@H](OC(=O)[C@]34CCC(C)(C)C[C@H]3C3=CC[C@@H]5[C@@]6(C(=O)O)CC[C@H](O)[C@@](C)(C(=O)O)[C@@H]6CC[C@@]5(C)[C@]3(C)CC4)O[C@H](C)[C@H](O)[C@@H]2O)[C@H](O)[C@H](O)[C@H]1O[C@@H]1O[C@H](CO)[C@@H](O[C@@H]2OC[C@@H](O)[C@H](O)[C@H]2O[C@@H]2OC[C@H](O)[C@H](O)[C@H]2O)[C@H](O)[C@H]1O. The van der Waals surface area contributed by atoms with E-state index >= 15 is 4.79 Å². The maximum absolute atomic E-state index is 15.4. The van der Waals surface area contributed by atoms with Crippen LogP contribution in [0, 0.1) is 50.2 Å². The fourth-order valence-corrected chi connectivity index (χ4v) is 17.1. The second-order valence-electron chi connectivity index (χ2n) is 27.8. The number of aliphatic hydroxyl groups excluding tert-OH is 13. The zero-order valence-electron chi connectivity index (χ0n) is 49.4. The maximum Gasteiger partial charge on any atom is 0.315 e. The molecule has 28 heteroatoms. The molecule has 0 aromatic heterocycles. The molecule has 0 spiro atoms. The number of carbonyl (C=O) groups excluding carboxylic acids is 1. The first-order valence-electron chi connectivity index (χ1n) is 30.2. The van der Waals surface area contributed by atoms with Gasteiger partial charge in [-0.2, -0.15) is 0 Å². The molecular weight excluding hydrogens is 1140 g/mol. The Bertz CT molecular complexity index is 2500. The normalized spacial score (nSPS) is 53.8. The first-order chi connectivity index (χ1) is 40.2. The van der Waals surface area contributed by atoms with E-state index in [1.807, 2.05) is 0 Å². The van der Waals surface area contributed by atoms with E-state index in [2.05, 4.69) is 33.8 Å². The van der Waals surface area contributed by atoms with Crippen molar-refractivity contribution in [2.24, 2.45) is 50.2 Å². The van der Waals surface area contributed by atoms with Gasteiger partial charge in [0.15, 0.2) is 31.3 Å². The molecule has 15 N–H and O–H groups in total. The number of hydrogen-bond donors (Lipinski definition) is 15. The molecule has 32 atom stereocenters. The van der Waals surface area contributed by atoms with E-state index in [0.29, 0.717) is 44.9 Å². The Hall–Kier alpha value is -2.73. The Morgan fingerprint density at radius 2 is 1.09 bits per heavy atom. The van der Waals surface area contributed by atoms with Crippen LogP contribution in [0.5, 0.6) is 0 Å². The second kappa shape index (κ2) is 24.1. The predicted molar refractivity (Wildman–Crippen MR) is 285 cm³/mol. The van der Waals surface area contributed by atoms with Gasteiger partial charge in [0, 0.05) is 0 Å². The molecule has 86 heavy (non-hydrogen) atoms. The van der Waals surface area contributed by atoms with E-state index in [9.17, 15) is 86.2 Å². The van der Waals surface area contributed by atoms with Gasteiger partial charge in [-0.05, 0) is 119 Å². The van der Waals surface area contributed by atoms with Crippen molar-refractivity contribution in [3.8, 4) is 0 Å². The molecule has 9 fully saturated rings. The second-order valence-corrected chi connectivity index (χ2v) is 27.8. The Morgan fingerprint density at radius 1 is 0.547 bits per heavy atom. The Kier molecular flexibility index (Phi) is 18.5. The lowest BCUT2D eigenvalue weighted by Crippen LogP contribution is -2.69. The molecule has 490 valence electrons. The highest BCUT2D eigenvalue weighted by Crippen LogP contribution is 2.76. The largest absolute Gasteiger partial charge is 0.481 e. The van der Waals surface area contributed by atoms with E-state index in [1.165, 1.54) is 20.8 Å². The molecule has 0 aromatic carbocycles. The van der Waals surface area contributed by atoms with Crippen LogP contribution in [-0.2, 0) is 61.8 Å². The van der Waals surface area contributed by atoms with Crippen molar-refractivity contribution in [2.45, 2.75) is 260 Å². The molecule has 0 unspecified atom stereocenters. The highest BCUT2D eigenvalue weighted by atomic mass is 16.8. The summed E-state index contributed by atoms with van der Waals surface area (Å²) in [6, 6.07) is 0. The number of allylic oxidation sites excluding steroid dienone is 2. The number of esters is 1. The van der Waals surface area contributed by atoms with Gasteiger partial charge in [0.1, 0.15) is 91.6 Å². The van der Waals surface area contributed by atoms with Crippen molar-refractivity contribution < 1.29 is 138 Å². The maximum atomic E-state index is 15.4. The Labute approximate surface area is 496 Å². The molecule has 5 saturated heterocycles. The average molecular weight is 1240 g/mol. The van der Waals surface area contributed by atoms with Gasteiger partial charge in [-0.1, -0.05) is 39.3 Å². The lowest BCUT2D eigenvalue weighted by molar-refractivity contribution is -0.390. The third kappa shape index (κ3) is 10.6. The van der Waals surface area contributed by atoms with Crippen LogP contribution in [0.1, 0.15) is 113 Å². The van der Waals surface area contributed by atoms with Crippen LogP contribution in [0.25, 0.3) is 0 Å². The smallest absolute Gasteiger partial charge is 0.315 e. The molecule has 4 saturated carbocycles. The summed E-state index contributed by atoms with van der Waals surface area (Å²) in [4.78, 5) is 42.2. The van der Waals surface area contributed by atoms with Crippen molar-refractivity contribution in [3.05, 3.63) is 11.6 Å². The van der Waals surface area contributed by atoms with Gasteiger partial charge in [0.2, 0.25) is 6.29 Å². The van der Waals surface area contributed by atoms with Gasteiger partial charge in [-0.25, -0.2) is 0 Å². The van der Waals surface area contributed by atoms with Crippen molar-refractivity contribution in [1.29, 1.82) is 0 Å². The molecule has 28 nitrogen and oxygen atoms in total. The lowest BCUT2D eigenvalue weighted by Gasteiger charge is -2.70. The topological polar surface area (TPSA) is 447 Å². The standard InChI is InChI=1S/C58H90O28/c1-22-32(63)35(66)44(85-46-39(70)36(67)41(23(2)80-46)82-47-40(71)37(68)42(28(19-59)81-47)83-48-43(34(65)27(61)21-78-48)84-45-38(69)33(64)26(60)20-77-45)49(79-22)86-52(76)57-16-14-53(3,4)18-25(57)24-8-9-29-55(6,54(24,5)15-17-57)12-10-30-56(7,50(72)73)31(62)11-13-58(29,30)51(74)75/h8,22-23,25-49,59-71H,9-21H2,1-7H3,(H,72,73)(H,74,75)/t22-,23+,25+,26+,27-,28-,29+,30+,31+,32+,33+,34+,35+,36+,37-,38-,39-,40-,41+,42-,43-,44-,45+,46+,47+,48+,49+,54-,55-,56+,57+,58+/m1/s1. The molecule has 5 aliphatic carbocycles. The molecule has 0 radical (unpaired) electrons. The molecule has 5 aliphatic heterocycles. The third-order valence-corrected chi connectivity index (χ3v) is 22.7. The fourth-order valence-electron chi connectivity index (χ4n) is 17.1. The lowest BCUT2D eigenvalue weighted by atomic mass is 9.33. The highest BCUT2D eigenvalue weighted by Gasteiger charge is 2.74. The summed E-state index contributed by atoms with van der Waals surface area (Å²) >= 11 is 0. The summed E-state index contributed by atoms with van der Waals surface area (Å²) in [5.74, 6) is -4.74. The average Bonchev–Trinajstić information content (AvgIpc) is 0.676. The fraction of sp³-hybridized carbons (Fsp3) is 0.914. The van der Waals surface area contributed by atoms with Crippen molar-refractivity contribution >= 4 is 17.9 Å². The van der Waals surface area contributed by atoms with Crippen LogP contribution < -0.4 is 0 Å². The number of hydrogen-bond acceptors (Lipinski definition) is 26. The van der Waals surface area contributed by atoms with Crippen molar-refractivity contribution in [1.82, 2.24) is 0 Å². The minimum absolute atomic E-state index is 0.0159. The predicted octanol–water partition coefficient (Wildman–Crippen LogP) is -2.75. The molecular formula is C58H90O28. The van der Waals surface area contributed by atoms with Crippen LogP contribution in [0.2, 0.25) is 0 Å². The van der Waals surface area contributed by atoms with Gasteiger partial charge < -0.3 is 124 Å². The number of aliphatic carboxylic acids is 2. The van der Waals surface area contributed by atoms with Crippen LogP contribution >= 0.6 is 0 Å². The molecule has 5 heterocycles. The monoisotopic (exact) mass is 1230 g/mol. The minimum Gasteiger partial charge on any atom is -0.481 e. The van der Waals surface area contributed by atoms with Crippen LogP contribution in [0.4, 0.5) is 0 Å². The number of carboxylic acids is 2. The zero-order chi connectivity index (χ0) is 62.9. The van der Waals surface area contributed by atoms with Crippen LogP contribution in [-0.4, -0.2) is 262 Å². The quantitative estimate of drug-likeness (QED) is 0.0657. The Balaban J connectivity index is 0.835. The summed E-state index contributed by atoms with van der Waals surface area (Å²) in [6.45, 7) is 10.9. The molecule has 10 aliphatic rings. The molecule has 0 aromatic rings. The third-order valence-electron chi connectivity index (χ3n) is 22.7. The van der Waals surface area contributed by atoms with E-state index in [1.54, 1.807) is 0 Å². The summed E-state index contributed by atoms with van der Waals surface area (Å²) in [7, 11) is 0. The van der Waals surface area contributed by atoms with E-state index in [-0.39, 0.29) is 24.7 Å². The van der Waals surface area contributed by atoms with Gasteiger partial charge in [0.05, 0.1) is 54.4 Å². The summed E-state index contributed by atoms with van der Waals surface area (Å²) in [5, 5.41) is 165. The Morgan fingerprint density at radius 3 is 1.74 bits per heavy atom. The number of fused-ring (bicyclic) bond motifs is 7. The number of ether oxygens (including phenoxy) is 10. The van der Waals surface area contributed by atoms with E-state index in [4.69, 9.17) is 47.4 Å². The number of aliphatic hydroxyl groups is 13. The highest BCUT2D eigenvalue weighted by molar-refractivity contribution is 5.82. The van der Waals surface area contributed by atoms with Crippen LogP contribution in [0.15, 0.2) is 11.6 Å². The number of rotatable bonds is 13. The van der Waals surface area contributed by atoms with Crippen LogP contribution in [0.3, 0.4) is 0 Å². The number of carboxylic acid groups (broad SMARTS) is 2. The van der Waals surface area contributed by atoms with Crippen molar-refractivity contribution in [3.63, 3.8) is 0 Å². The van der Waals surface area contributed by atoms with Gasteiger partial charge in [-0.3, -0.25) is 14.4 Å². The number of carbonyl (C=O) groups is 3. The van der Waals surface area contributed by atoms with E-state index < -0.39 is 230 Å². The minimum atomic E-state index is -2.05. The van der Waals surface area contributed by atoms with Gasteiger partial charge in [-0.15, -0.1) is 0 Å². The van der Waals surface area contributed by atoms with Gasteiger partial charge in [0.25, 0.3) is 0 Å². The van der Waals surface area contributed by atoms with Crippen molar-refractivity contribution in [2.75, 3.05) is 19.8 Å². The molecule has 10 rings (SSSR count). The summed E-state index contributed by atoms with van der Waals surface area (Å²) in [6.07, 6.45) is -35.1. The first kappa shape index (κ1) is 66.2. The van der Waals surface area contributed by atoms with E-state index in [0.717, 1.165) is 5.57 Å².